The van der Waals surface area contributed by atoms with Gasteiger partial charge in [0.05, 0.1) is 4.58 Å². The first-order chi connectivity index (χ1) is 10.8. The highest BCUT2D eigenvalue weighted by Gasteiger charge is 2.23. The van der Waals surface area contributed by atoms with Crippen molar-refractivity contribution in [1.29, 1.82) is 0 Å². The molecule has 0 aromatic heterocycles. The molecule has 5 heteroatoms. The van der Waals surface area contributed by atoms with Crippen molar-refractivity contribution >= 4 is 29.4 Å². The van der Waals surface area contributed by atoms with Crippen molar-refractivity contribution in [2.45, 2.75) is 29.9 Å². The Balaban J connectivity index is 1.64. The standard InChI is InChI=1S/C17H24N2OS2/c1-19(15-7-9-18-10-8-15)16(20)13-3-5-14(6-4-13)17-21-11-2-12-22-17/h3-6,15,17-18H,2,7-12H2,1H3. The van der Waals surface area contributed by atoms with E-state index in [9.17, 15) is 4.79 Å². The quantitative estimate of drug-likeness (QED) is 0.917. The Labute approximate surface area is 141 Å². The smallest absolute Gasteiger partial charge is 0.253 e. The van der Waals surface area contributed by atoms with E-state index in [-0.39, 0.29) is 5.91 Å². The summed E-state index contributed by atoms with van der Waals surface area (Å²) in [4.78, 5) is 14.6. The predicted octanol–water partition coefficient (Wildman–Crippen LogP) is 3.38. The van der Waals surface area contributed by atoms with Crippen LogP contribution in [0, 0.1) is 0 Å². The Bertz CT molecular complexity index is 494. The molecule has 1 aromatic carbocycles. The summed E-state index contributed by atoms with van der Waals surface area (Å²) in [6.07, 6.45) is 3.41. The number of rotatable bonds is 3. The Kier molecular flexibility index (Phi) is 5.71. The first-order valence-electron chi connectivity index (χ1n) is 8.07. The van der Waals surface area contributed by atoms with Crippen LogP contribution in [0.5, 0.6) is 0 Å². The third-order valence-corrected chi connectivity index (χ3v) is 7.45. The second-order valence-corrected chi connectivity index (χ2v) is 8.67. The third kappa shape index (κ3) is 3.81. The number of amides is 1. The van der Waals surface area contributed by atoms with Crippen molar-refractivity contribution in [3.8, 4) is 0 Å². The molecule has 2 heterocycles. The van der Waals surface area contributed by atoms with Gasteiger partial charge in [0, 0.05) is 18.7 Å². The number of piperidine rings is 1. The number of hydrogen-bond donors (Lipinski definition) is 1. The Morgan fingerprint density at radius 3 is 2.41 bits per heavy atom. The number of benzene rings is 1. The maximum Gasteiger partial charge on any atom is 0.253 e. The van der Waals surface area contributed by atoms with Crippen LogP contribution in [0.1, 0.15) is 39.8 Å². The molecule has 0 unspecified atom stereocenters. The van der Waals surface area contributed by atoms with E-state index < -0.39 is 0 Å². The van der Waals surface area contributed by atoms with E-state index in [2.05, 4.69) is 17.4 Å². The van der Waals surface area contributed by atoms with Crippen LogP contribution in [0.15, 0.2) is 24.3 Å². The zero-order valence-electron chi connectivity index (χ0n) is 13.1. The molecular weight excluding hydrogens is 312 g/mol. The lowest BCUT2D eigenvalue weighted by molar-refractivity contribution is 0.0703. The molecule has 1 aromatic rings. The largest absolute Gasteiger partial charge is 0.339 e. The molecule has 1 N–H and O–H groups in total. The summed E-state index contributed by atoms with van der Waals surface area (Å²) in [5.74, 6) is 2.65. The lowest BCUT2D eigenvalue weighted by Gasteiger charge is -2.31. The third-order valence-electron chi connectivity index (χ3n) is 4.43. The van der Waals surface area contributed by atoms with E-state index >= 15 is 0 Å². The van der Waals surface area contributed by atoms with E-state index in [1.54, 1.807) is 0 Å². The summed E-state index contributed by atoms with van der Waals surface area (Å²) in [5, 5.41) is 3.35. The van der Waals surface area contributed by atoms with Gasteiger partial charge in [0.15, 0.2) is 0 Å². The molecule has 120 valence electrons. The van der Waals surface area contributed by atoms with Gasteiger partial charge in [0.25, 0.3) is 5.91 Å². The van der Waals surface area contributed by atoms with Crippen molar-refractivity contribution in [1.82, 2.24) is 10.2 Å². The minimum absolute atomic E-state index is 0.155. The molecule has 3 rings (SSSR count). The van der Waals surface area contributed by atoms with Crippen molar-refractivity contribution < 1.29 is 4.79 Å². The molecule has 0 radical (unpaired) electrons. The second-order valence-electron chi connectivity index (χ2n) is 5.95. The molecule has 2 fully saturated rings. The summed E-state index contributed by atoms with van der Waals surface area (Å²) in [7, 11) is 1.94. The fourth-order valence-electron chi connectivity index (χ4n) is 3.03. The average molecular weight is 337 g/mol. The van der Waals surface area contributed by atoms with Crippen molar-refractivity contribution in [3.05, 3.63) is 35.4 Å². The highest BCUT2D eigenvalue weighted by molar-refractivity contribution is 8.16. The fourth-order valence-corrected chi connectivity index (χ4v) is 5.92. The molecule has 0 bridgehead atoms. The van der Waals surface area contributed by atoms with E-state index in [1.165, 1.54) is 23.5 Å². The molecule has 22 heavy (non-hydrogen) atoms. The normalized spacial score (nSPS) is 20.8. The number of thioether (sulfide) groups is 2. The first kappa shape index (κ1) is 16.2. The van der Waals surface area contributed by atoms with Crippen LogP contribution in [0.3, 0.4) is 0 Å². The zero-order valence-corrected chi connectivity index (χ0v) is 14.7. The van der Waals surface area contributed by atoms with Crippen LogP contribution in [0.25, 0.3) is 0 Å². The molecule has 3 nitrogen and oxygen atoms in total. The van der Waals surface area contributed by atoms with Gasteiger partial charge in [0.2, 0.25) is 0 Å². The summed E-state index contributed by atoms with van der Waals surface area (Å²) in [6.45, 7) is 2.02. The van der Waals surface area contributed by atoms with Gasteiger partial charge in [-0.05, 0) is 61.6 Å². The van der Waals surface area contributed by atoms with Crippen molar-refractivity contribution in [2.75, 3.05) is 31.6 Å². The average Bonchev–Trinajstić information content (AvgIpc) is 2.62. The highest BCUT2D eigenvalue weighted by Crippen LogP contribution is 2.43. The number of nitrogens with zero attached hydrogens (tertiary/aromatic N) is 1. The second kappa shape index (κ2) is 7.75. The number of hydrogen-bond acceptors (Lipinski definition) is 4. The van der Waals surface area contributed by atoms with Gasteiger partial charge in [0.1, 0.15) is 0 Å². The van der Waals surface area contributed by atoms with Crippen molar-refractivity contribution in [2.24, 2.45) is 0 Å². The van der Waals surface area contributed by atoms with Crippen molar-refractivity contribution in [3.63, 3.8) is 0 Å². The van der Waals surface area contributed by atoms with Gasteiger partial charge < -0.3 is 10.2 Å². The summed E-state index contributed by atoms with van der Waals surface area (Å²) >= 11 is 4.04. The van der Waals surface area contributed by atoms with Gasteiger partial charge in [-0.15, -0.1) is 23.5 Å². The van der Waals surface area contributed by atoms with E-state index in [0.29, 0.717) is 10.6 Å². The molecular formula is C17H24N2OS2. The molecule has 0 saturated carbocycles. The summed E-state index contributed by atoms with van der Waals surface area (Å²) in [6, 6.07) is 8.66. The molecule has 0 spiro atoms. The van der Waals surface area contributed by atoms with Gasteiger partial charge in [-0.1, -0.05) is 12.1 Å². The van der Waals surface area contributed by atoms with E-state index in [0.717, 1.165) is 31.5 Å². The molecule has 1 amide bonds. The molecule has 2 saturated heterocycles. The SMILES string of the molecule is CN(C(=O)c1ccc(C2SCCCS2)cc1)C1CCNCC1. The van der Waals surface area contributed by atoms with E-state index in [1.807, 2.05) is 47.6 Å². The fraction of sp³-hybridized carbons (Fsp3) is 0.588. The Morgan fingerprint density at radius 2 is 1.77 bits per heavy atom. The highest BCUT2D eigenvalue weighted by atomic mass is 32.2. The van der Waals surface area contributed by atoms with Crippen LogP contribution in [0.2, 0.25) is 0 Å². The predicted molar refractivity (Wildman–Crippen MR) is 96.7 cm³/mol. The first-order valence-corrected chi connectivity index (χ1v) is 10.2. The van der Waals surface area contributed by atoms with Crippen LogP contribution >= 0.6 is 23.5 Å². The van der Waals surface area contributed by atoms with Gasteiger partial charge in [-0.3, -0.25) is 4.79 Å². The number of nitrogens with one attached hydrogen (secondary N) is 1. The van der Waals surface area contributed by atoms with Crippen LogP contribution in [-0.4, -0.2) is 48.5 Å². The molecule has 0 atom stereocenters. The van der Waals surface area contributed by atoms with Gasteiger partial charge >= 0.3 is 0 Å². The molecule has 2 aliphatic heterocycles. The lowest BCUT2D eigenvalue weighted by Crippen LogP contribution is -2.43. The van der Waals surface area contributed by atoms with Gasteiger partial charge in [-0.2, -0.15) is 0 Å². The zero-order chi connectivity index (χ0) is 15.4. The topological polar surface area (TPSA) is 32.3 Å². The number of carbonyl (C=O) groups excluding carboxylic acids is 1. The Hall–Kier alpha value is -0.650. The summed E-state index contributed by atoms with van der Waals surface area (Å²) < 4.78 is 0.542. The lowest BCUT2D eigenvalue weighted by atomic mass is 10.0. The minimum atomic E-state index is 0.155. The monoisotopic (exact) mass is 336 g/mol. The Morgan fingerprint density at radius 1 is 1.14 bits per heavy atom. The van der Waals surface area contributed by atoms with Crippen LogP contribution < -0.4 is 5.32 Å². The maximum atomic E-state index is 12.6. The van der Waals surface area contributed by atoms with Crippen LogP contribution in [0.4, 0.5) is 0 Å². The minimum Gasteiger partial charge on any atom is -0.339 e. The van der Waals surface area contributed by atoms with Gasteiger partial charge in [-0.25, -0.2) is 0 Å². The molecule has 2 aliphatic rings. The van der Waals surface area contributed by atoms with Crippen LogP contribution in [-0.2, 0) is 0 Å². The molecule has 0 aliphatic carbocycles. The number of carbonyl (C=O) groups is 1. The maximum absolute atomic E-state index is 12.6. The summed E-state index contributed by atoms with van der Waals surface area (Å²) in [5.41, 5.74) is 2.16. The van der Waals surface area contributed by atoms with E-state index in [4.69, 9.17) is 0 Å².